The Morgan fingerprint density at radius 2 is 1.94 bits per heavy atom. The summed E-state index contributed by atoms with van der Waals surface area (Å²) >= 11 is 0. The normalized spacial score (nSPS) is 10.2. The minimum Gasteiger partial charge on any atom is -0.278 e. The van der Waals surface area contributed by atoms with Crippen molar-refractivity contribution in [3.05, 3.63) is 22.6 Å². The molecule has 0 aromatic carbocycles. The Morgan fingerprint density at radius 1 is 1.33 bits per heavy atom. The first kappa shape index (κ1) is 14.3. The van der Waals surface area contributed by atoms with E-state index in [0.29, 0.717) is 6.02 Å². The van der Waals surface area contributed by atoms with E-state index in [0.717, 1.165) is 31.0 Å². The summed E-state index contributed by atoms with van der Waals surface area (Å²) in [5.41, 5.74) is -0.202. The average Bonchev–Trinajstić information content (AvgIpc) is 2.78. The summed E-state index contributed by atoms with van der Waals surface area (Å²) in [5, 5.41) is 2.75. The summed E-state index contributed by atoms with van der Waals surface area (Å²) in [6.07, 6.45) is 1.56. The lowest BCUT2D eigenvalue weighted by Gasteiger charge is -2.17. The third-order valence-corrected chi connectivity index (χ3v) is 2.86. The summed E-state index contributed by atoms with van der Waals surface area (Å²) in [6, 6.07) is 2.14. The molecule has 0 aliphatic rings. The molecule has 1 N–H and O–H groups in total. The molecular formula is C12H23N4O2+. The second kappa shape index (κ2) is 6.88. The van der Waals surface area contributed by atoms with Crippen LogP contribution in [0.2, 0.25) is 0 Å². The van der Waals surface area contributed by atoms with Crippen molar-refractivity contribution in [1.29, 1.82) is 0 Å². The third-order valence-electron chi connectivity index (χ3n) is 2.86. The molecule has 1 aromatic heterocycles. The highest BCUT2D eigenvalue weighted by molar-refractivity contribution is 5.68. The van der Waals surface area contributed by atoms with Gasteiger partial charge in [-0.05, 0) is 27.7 Å². The second-order valence-corrected chi connectivity index (χ2v) is 3.81. The number of hydrogen-bond donors (Lipinski definition) is 1. The monoisotopic (exact) mass is 255 g/mol. The van der Waals surface area contributed by atoms with E-state index in [1.165, 1.54) is 6.07 Å². The van der Waals surface area contributed by atoms with E-state index in [4.69, 9.17) is 4.84 Å². The number of aromatic nitrogens is 2. The fourth-order valence-electron chi connectivity index (χ4n) is 1.76. The van der Waals surface area contributed by atoms with Crippen LogP contribution in [0, 0.1) is 0 Å². The zero-order chi connectivity index (χ0) is 13.5. The van der Waals surface area contributed by atoms with Gasteiger partial charge in [0.2, 0.25) is 0 Å². The molecule has 1 aromatic rings. The van der Waals surface area contributed by atoms with E-state index in [1.807, 2.05) is 0 Å². The fraction of sp³-hybridized carbons (Fsp3) is 0.667. The Hall–Kier alpha value is -1.72. The smallest absolute Gasteiger partial charge is 0.278 e. The Labute approximate surface area is 107 Å². The van der Waals surface area contributed by atoms with Crippen molar-refractivity contribution >= 4 is 6.02 Å². The van der Waals surface area contributed by atoms with Crippen molar-refractivity contribution in [3.63, 3.8) is 0 Å². The number of aromatic amines is 1. The van der Waals surface area contributed by atoms with Crippen LogP contribution in [0.15, 0.2) is 17.1 Å². The Morgan fingerprint density at radius 3 is 2.33 bits per heavy atom. The number of hydrogen-bond acceptors (Lipinski definition) is 2. The van der Waals surface area contributed by atoms with Crippen molar-refractivity contribution < 1.29 is 9.41 Å². The van der Waals surface area contributed by atoms with E-state index < -0.39 is 0 Å². The molecule has 0 aliphatic heterocycles. The topological polar surface area (TPSA) is 53.3 Å². The van der Waals surface area contributed by atoms with Crippen molar-refractivity contribution in [2.45, 2.75) is 27.7 Å². The lowest BCUT2D eigenvalue weighted by Crippen LogP contribution is -2.47. The Balaban J connectivity index is 3.09. The molecule has 0 saturated heterocycles. The molecule has 1 rings (SSSR count). The molecule has 6 nitrogen and oxygen atoms in total. The van der Waals surface area contributed by atoms with E-state index in [9.17, 15) is 4.79 Å². The summed E-state index contributed by atoms with van der Waals surface area (Å²) in [6.45, 7) is 11.6. The lowest BCUT2D eigenvalue weighted by atomic mass is 10.5. The van der Waals surface area contributed by atoms with Crippen molar-refractivity contribution in [3.8, 4) is 0 Å². The van der Waals surface area contributed by atoms with Crippen LogP contribution < -0.4 is 10.4 Å². The van der Waals surface area contributed by atoms with Crippen LogP contribution in [0.25, 0.3) is 0 Å². The SMILES string of the molecule is CCN(CC)C(On1[nH]ccc1=O)=[N+](CC)CC. The van der Waals surface area contributed by atoms with Gasteiger partial charge < -0.3 is 0 Å². The van der Waals surface area contributed by atoms with Gasteiger partial charge in [0.15, 0.2) is 0 Å². The molecule has 0 fully saturated rings. The van der Waals surface area contributed by atoms with Crippen LogP contribution in [0.3, 0.4) is 0 Å². The highest BCUT2D eigenvalue weighted by Crippen LogP contribution is 1.92. The van der Waals surface area contributed by atoms with Gasteiger partial charge in [-0.25, -0.2) is 9.48 Å². The first-order valence-corrected chi connectivity index (χ1v) is 6.49. The quantitative estimate of drug-likeness (QED) is 0.469. The summed E-state index contributed by atoms with van der Waals surface area (Å²) in [4.78, 5) is 20.4. The van der Waals surface area contributed by atoms with Crippen LogP contribution >= 0.6 is 0 Å². The first-order valence-electron chi connectivity index (χ1n) is 6.49. The zero-order valence-corrected chi connectivity index (χ0v) is 11.6. The molecular weight excluding hydrogens is 232 g/mol. The fourth-order valence-corrected chi connectivity index (χ4v) is 1.76. The van der Waals surface area contributed by atoms with E-state index in [1.54, 1.807) is 6.20 Å². The van der Waals surface area contributed by atoms with Crippen LogP contribution in [0.5, 0.6) is 0 Å². The average molecular weight is 255 g/mol. The van der Waals surface area contributed by atoms with Crippen molar-refractivity contribution in [2.75, 3.05) is 26.2 Å². The van der Waals surface area contributed by atoms with Gasteiger partial charge in [-0.2, -0.15) is 0 Å². The molecule has 0 unspecified atom stereocenters. The molecule has 0 amide bonds. The first-order chi connectivity index (χ1) is 8.67. The molecule has 0 aliphatic carbocycles. The van der Waals surface area contributed by atoms with E-state index in [-0.39, 0.29) is 5.56 Å². The van der Waals surface area contributed by atoms with Crippen LogP contribution in [-0.2, 0) is 0 Å². The van der Waals surface area contributed by atoms with E-state index in [2.05, 4.69) is 42.3 Å². The van der Waals surface area contributed by atoms with Crippen molar-refractivity contribution in [1.82, 2.24) is 14.8 Å². The molecule has 0 atom stereocenters. The molecule has 18 heavy (non-hydrogen) atoms. The van der Waals surface area contributed by atoms with Gasteiger partial charge in [-0.3, -0.25) is 14.7 Å². The van der Waals surface area contributed by atoms with Crippen molar-refractivity contribution in [2.24, 2.45) is 0 Å². The summed E-state index contributed by atoms with van der Waals surface area (Å²) in [7, 11) is 0. The maximum absolute atomic E-state index is 11.5. The van der Waals surface area contributed by atoms with Gasteiger partial charge >= 0.3 is 11.6 Å². The summed E-state index contributed by atoms with van der Waals surface area (Å²) < 4.78 is 2.08. The Kier molecular flexibility index (Phi) is 5.48. The molecule has 0 spiro atoms. The minimum atomic E-state index is -0.202. The maximum atomic E-state index is 11.5. The van der Waals surface area contributed by atoms with E-state index >= 15 is 0 Å². The number of rotatable bonds is 5. The highest BCUT2D eigenvalue weighted by Gasteiger charge is 2.23. The predicted molar refractivity (Wildman–Crippen MR) is 70.9 cm³/mol. The second-order valence-electron chi connectivity index (χ2n) is 3.81. The summed E-state index contributed by atoms with van der Waals surface area (Å²) in [5.74, 6) is 0. The minimum absolute atomic E-state index is 0.202. The number of nitrogens with zero attached hydrogens (tertiary/aromatic N) is 3. The lowest BCUT2D eigenvalue weighted by molar-refractivity contribution is -0.535. The van der Waals surface area contributed by atoms with Gasteiger partial charge in [0.1, 0.15) is 0 Å². The van der Waals surface area contributed by atoms with Crippen LogP contribution in [0.4, 0.5) is 0 Å². The maximum Gasteiger partial charge on any atom is 0.472 e. The molecule has 0 radical (unpaired) electrons. The molecule has 0 bridgehead atoms. The van der Waals surface area contributed by atoms with Gasteiger partial charge in [0.05, 0.1) is 26.2 Å². The third kappa shape index (κ3) is 3.15. The largest absolute Gasteiger partial charge is 0.472 e. The van der Waals surface area contributed by atoms with Gasteiger partial charge in [0.25, 0.3) is 0 Å². The van der Waals surface area contributed by atoms with Gasteiger partial charge in [0, 0.05) is 12.3 Å². The highest BCUT2D eigenvalue weighted by atomic mass is 16.7. The number of nitrogens with one attached hydrogen (secondary N) is 1. The van der Waals surface area contributed by atoms with Gasteiger partial charge in [-0.15, -0.1) is 0 Å². The Bertz CT molecular complexity index is 437. The standard InChI is InChI=1S/C12H22N4O2/c1-5-14(6-2)12(15(7-3)8-4)18-16-11(17)9-10-13-16/h9-10H,5-8H2,1-4H3/p+1. The molecule has 1 heterocycles. The van der Waals surface area contributed by atoms with Crippen LogP contribution in [0.1, 0.15) is 27.7 Å². The zero-order valence-electron chi connectivity index (χ0n) is 11.6. The van der Waals surface area contributed by atoms with Crippen LogP contribution in [-0.4, -0.2) is 51.6 Å². The number of H-pyrrole nitrogens is 1. The molecule has 0 saturated carbocycles. The number of amidine groups is 1. The van der Waals surface area contributed by atoms with Gasteiger partial charge in [-0.1, -0.05) is 4.85 Å². The predicted octanol–water partition coefficient (Wildman–Crippen LogP) is 0.355. The molecule has 6 heteroatoms. The molecule has 102 valence electrons.